The van der Waals surface area contributed by atoms with Crippen LogP contribution in [-0.2, 0) is 4.74 Å². The van der Waals surface area contributed by atoms with Crippen LogP contribution in [0.25, 0.3) is 0 Å². The van der Waals surface area contributed by atoms with Gasteiger partial charge in [-0.05, 0) is 50.1 Å². The van der Waals surface area contributed by atoms with Crippen molar-refractivity contribution in [2.24, 2.45) is 0 Å². The van der Waals surface area contributed by atoms with E-state index in [4.69, 9.17) is 4.74 Å². The lowest BCUT2D eigenvalue weighted by molar-refractivity contribution is 0.0891. The Bertz CT molecular complexity index is 491. The summed E-state index contributed by atoms with van der Waals surface area (Å²) in [6, 6.07) is 4.19. The van der Waals surface area contributed by atoms with Crippen LogP contribution in [0.4, 0.5) is 4.39 Å². The Morgan fingerprint density at radius 3 is 2.86 bits per heavy atom. The van der Waals surface area contributed by atoms with E-state index in [0.29, 0.717) is 24.3 Å². The summed E-state index contributed by atoms with van der Waals surface area (Å²) in [4.78, 5) is 12.2. The molecule has 1 aromatic rings. The van der Waals surface area contributed by atoms with Crippen molar-refractivity contribution in [3.05, 3.63) is 35.1 Å². The Morgan fingerprint density at radius 1 is 1.52 bits per heavy atom. The molecule has 0 bridgehead atoms. The van der Waals surface area contributed by atoms with Crippen molar-refractivity contribution in [1.82, 2.24) is 10.6 Å². The summed E-state index contributed by atoms with van der Waals surface area (Å²) in [5.74, 6) is -0.501. The summed E-state index contributed by atoms with van der Waals surface area (Å²) in [7, 11) is 1.66. The Labute approximate surface area is 130 Å². The summed E-state index contributed by atoms with van der Waals surface area (Å²) in [6.45, 7) is 3.75. The first kappa shape index (κ1) is 17.9. The Balaban J connectivity index is 0.00000220. The van der Waals surface area contributed by atoms with E-state index >= 15 is 0 Å². The molecule has 2 N–H and O–H groups in total. The molecule has 118 valence electrons. The van der Waals surface area contributed by atoms with Gasteiger partial charge < -0.3 is 15.4 Å². The molecule has 4 nitrogen and oxygen atoms in total. The van der Waals surface area contributed by atoms with E-state index in [0.717, 1.165) is 19.4 Å². The maximum atomic E-state index is 13.0. The van der Waals surface area contributed by atoms with Crippen LogP contribution in [-0.4, -0.2) is 38.3 Å². The number of carbonyl (C=O) groups excluding carboxylic acids is 1. The number of amides is 1. The monoisotopic (exact) mass is 316 g/mol. The quantitative estimate of drug-likeness (QED) is 0.874. The molecule has 1 atom stereocenters. The van der Waals surface area contributed by atoms with Crippen LogP contribution in [0.15, 0.2) is 18.2 Å². The molecule has 1 fully saturated rings. The Hall–Kier alpha value is -1.17. The van der Waals surface area contributed by atoms with Gasteiger partial charge in [0.05, 0.1) is 12.1 Å². The van der Waals surface area contributed by atoms with Crippen LogP contribution in [0.3, 0.4) is 0 Å². The Kier molecular flexibility index (Phi) is 6.58. The largest absolute Gasteiger partial charge is 0.383 e. The summed E-state index contributed by atoms with van der Waals surface area (Å²) in [5.41, 5.74) is 0.970. The highest BCUT2D eigenvalue weighted by molar-refractivity contribution is 5.95. The predicted octanol–water partition coefficient (Wildman–Crippen LogP) is 2.05. The third kappa shape index (κ3) is 4.40. The number of aryl methyl sites for hydroxylation is 1. The lowest BCUT2D eigenvalue weighted by atomic mass is 9.98. The molecular weight excluding hydrogens is 295 g/mol. The molecule has 1 heterocycles. The SMILES string of the molecule is COCC1(CNC(=O)c2ccc(F)cc2C)CCCN1.Cl. The predicted molar refractivity (Wildman–Crippen MR) is 82.6 cm³/mol. The number of carbonyl (C=O) groups is 1. The normalized spacial score (nSPS) is 20.9. The van der Waals surface area contributed by atoms with Gasteiger partial charge in [-0.2, -0.15) is 0 Å². The highest BCUT2D eigenvalue weighted by Crippen LogP contribution is 2.19. The maximum absolute atomic E-state index is 13.0. The topological polar surface area (TPSA) is 50.4 Å². The molecule has 2 rings (SSSR count). The van der Waals surface area contributed by atoms with Gasteiger partial charge in [0, 0.05) is 19.2 Å². The fraction of sp³-hybridized carbons (Fsp3) is 0.533. The minimum atomic E-state index is -0.327. The van der Waals surface area contributed by atoms with Crippen LogP contribution < -0.4 is 10.6 Å². The van der Waals surface area contributed by atoms with Crippen LogP contribution >= 0.6 is 12.4 Å². The van der Waals surface area contributed by atoms with Gasteiger partial charge in [-0.25, -0.2) is 4.39 Å². The first-order valence-electron chi connectivity index (χ1n) is 6.85. The van der Waals surface area contributed by atoms with E-state index in [1.807, 2.05) is 0 Å². The standard InChI is InChI=1S/C15H21FN2O2.ClH/c1-11-8-12(16)4-5-13(11)14(19)17-9-15(10-20-2)6-3-7-18-15;/h4-5,8,18H,3,6-7,9-10H2,1-2H3,(H,17,19);1H. The lowest BCUT2D eigenvalue weighted by Crippen LogP contribution is -2.53. The molecule has 6 heteroatoms. The van der Waals surface area contributed by atoms with Gasteiger partial charge in [0.1, 0.15) is 5.82 Å². The van der Waals surface area contributed by atoms with Crippen LogP contribution in [0, 0.1) is 12.7 Å². The van der Waals surface area contributed by atoms with E-state index in [2.05, 4.69) is 10.6 Å². The molecule has 0 radical (unpaired) electrons. The number of benzene rings is 1. The molecule has 0 spiro atoms. The minimum absolute atomic E-state index is 0. The van der Waals surface area contributed by atoms with Crippen molar-refractivity contribution in [3.63, 3.8) is 0 Å². The molecule has 0 aliphatic carbocycles. The van der Waals surface area contributed by atoms with Crippen molar-refractivity contribution in [3.8, 4) is 0 Å². The van der Waals surface area contributed by atoms with Crippen LogP contribution in [0.1, 0.15) is 28.8 Å². The molecule has 1 aromatic carbocycles. The maximum Gasteiger partial charge on any atom is 0.251 e. The fourth-order valence-corrected chi connectivity index (χ4v) is 2.70. The molecule has 1 aliphatic rings. The van der Waals surface area contributed by atoms with Crippen molar-refractivity contribution >= 4 is 18.3 Å². The number of rotatable bonds is 5. The second-order valence-electron chi connectivity index (χ2n) is 5.39. The van der Waals surface area contributed by atoms with Crippen LogP contribution in [0.5, 0.6) is 0 Å². The number of ether oxygens (including phenoxy) is 1. The number of methoxy groups -OCH3 is 1. The highest BCUT2D eigenvalue weighted by Gasteiger charge is 2.33. The lowest BCUT2D eigenvalue weighted by Gasteiger charge is -2.29. The van der Waals surface area contributed by atoms with Gasteiger partial charge in [-0.15, -0.1) is 12.4 Å². The van der Waals surface area contributed by atoms with Crippen LogP contribution in [0.2, 0.25) is 0 Å². The average Bonchev–Trinajstić information content (AvgIpc) is 2.85. The molecule has 0 aromatic heterocycles. The van der Waals surface area contributed by atoms with E-state index in [1.165, 1.54) is 18.2 Å². The zero-order valence-electron chi connectivity index (χ0n) is 12.4. The van der Waals surface area contributed by atoms with Gasteiger partial charge in [0.2, 0.25) is 0 Å². The summed E-state index contributed by atoms with van der Waals surface area (Å²) >= 11 is 0. The first-order chi connectivity index (χ1) is 9.56. The zero-order valence-corrected chi connectivity index (χ0v) is 13.2. The first-order valence-corrected chi connectivity index (χ1v) is 6.85. The van der Waals surface area contributed by atoms with Crippen molar-refractivity contribution < 1.29 is 13.9 Å². The van der Waals surface area contributed by atoms with Gasteiger partial charge in [-0.3, -0.25) is 4.79 Å². The number of hydrogen-bond donors (Lipinski definition) is 2. The third-order valence-corrected chi connectivity index (χ3v) is 3.77. The molecule has 1 aliphatic heterocycles. The van der Waals surface area contributed by atoms with Crippen molar-refractivity contribution in [2.75, 3.05) is 26.8 Å². The third-order valence-electron chi connectivity index (χ3n) is 3.77. The number of hydrogen-bond acceptors (Lipinski definition) is 3. The van der Waals surface area contributed by atoms with E-state index in [1.54, 1.807) is 14.0 Å². The van der Waals surface area contributed by atoms with Gasteiger partial charge in [0.15, 0.2) is 0 Å². The summed E-state index contributed by atoms with van der Waals surface area (Å²) < 4.78 is 18.3. The Morgan fingerprint density at radius 2 is 2.29 bits per heavy atom. The molecule has 21 heavy (non-hydrogen) atoms. The highest BCUT2D eigenvalue weighted by atomic mass is 35.5. The second kappa shape index (κ2) is 7.73. The molecule has 1 saturated heterocycles. The van der Waals surface area contributed by atoms with Gasteiger partial charge in [0.25, 0.3) is 5.91 Å². The summed E-state index contributed by atoms with van der Waals surface area (Å²) in [6.07, 6.45) is 2.05. The van der Waals surface area contributed by atoms with Gasteiger partial charge in [-0.1, -0.05) is 0 Å². The molecular formula is C15H22ClFN2O2. The van der Waals surface area contributed by atoms with Crippen molar-refractivity contribution in [2.45, 2.75) is 25.3 Å². The van der Waals surface area contributed by atoms with E-state index in [-0.39, 0.29) is 29.7 Å². The second-order valence-corrected chi connectivity index (χ2v) is 5.39. The van der Waals surface area contributed by atoms with Gasteiger partial charge >= 0.3 is 0 Å². The zero-order chi connectivity index (χ0) is 14.6. The molecule has 0 saturated carbocycles. The molecule has 1 amide bonds. The van der Waals surface area contributed by atoms with E-state index in [9.17, 15) is 9.18 Å². The molecule has 1 unspecified atom stereocenters. The van der Waals surface area contributed by atoms with Crippen molar-refractivity contribution in [1.29, 1.82) is 0 Å². The summed E-state index contributed by atoms with van der Waals surface area (Å²) in [5, 5.41) is 6.32. The number of halogens is 2. The minimum Gasteiger partial charge on any atom is -0.383 e. The fourth-order valence-electron chi connectivity index (χ4n) is 2.70. The number of nitrogens with one attached hydrogen (secondary N) is 2. The van der Waals surface area contributed by atoms with E-state index < -0.39 is 0 Å². The average molecular weight is 317 g/mol. The smallest absolute Gasteiger partial charge is 0.251 e.